The zero-order chi connectivity index (χ0) is 11.4. The van der Waals surface area contributed by atoms with Crippen molar-refractivity contribution in [2.24, 2.45) is 11.8 Å². The van der Waals surface area contributed by atoms with Gasteiger partial charge in [0.25, 0.3) is 0 Å². The maximum absolute atomic E-state index is 11.5. The Hall–Kier alpha value is -1.06. The van der Waals surface area contributed by atoms with Crippen LogP contribution in [0.4, 0.5) is 0 Å². The van der Waals surface area contributed by atoms with Crippen molar-refractivity contribution >= 4 is 11.9 Å². The molecule has 1 aliphatic rings. The summed E-state index contributed by atoms with van der Waals surface area (Å²) in [5.41, 5.74) is 0. The van der Waals surface area contributed by atoms with Crippen molar-refractivity contribution in [3.63, 3.8) is 0 Å². The average Bonchev–Trinajstić information content (AvgIpc) is 2.48. The summed E-state index contributed by atoms with van der Waals surface area (Å²) in [7, 11) is 0. The molecule has 0 aromatic heterocycles. The van der Waals surface area contributed by atoms with Crippen LogP contribution in [-0.4, -0.2) is 35.0 Å². The predicted octanol–water partition coefficient (Wildman–Crippen LogP) is 1.36. The van der Waals surface area contributed by atoms with Crippen molar-refractivity contribution in [3.8, 4) is 0 Å². The molecule has 1 saturated heterocycles. The van der Waals surface area contributed by atoms with E-state index in [1.165, 1.54) is 0 Å². The van der Waals surface area contributed by atoms with Crippen molar-refractivity contribution in [3.05, 3.63) is 0 Å². The van der Waals surface area contributed by atoms with Crippen LogP contribution >= 0.6 is 0 Å². The van der Waals surface area contributed by atoms with E-state index in [-0.39, 0.29) is 12.3 Å². The fraction of sp³-hybridized carbons (Fsp3) is 0.818. The number of aliphatic carboxylic acids is 1. The van der Waals surface area contributed by atoms with Crippen LogP contribution in [0.3, 0.4) is 0 Å². The summed E-state index contributed by atoms with van der Waals surface area (Å²) in [5.74, 6) is -0.892. The minimum absolute atomic E-state index is 0.00893. The Morgan fingerprint density at radius 2 is 2.33 bits per heavy atom. The number of carbonyl (C=O) groups excluding carboxylic acids is 1. The minimum Gasteiger partial charge on any atom is -0.481 e. The van der Waals surface area contributed by atoms with Gasteiger partial charge in [0.05, 0.1) is 5.92 Å². The molecular formula is C11H19NO3. The van der Waals surface area contributed by atoms with Crippen LogP contribution < -0.4 is 0 Å². The van der Waals surface area contributed by atoms with Crippen LogP contribution in [0.2, 0.25) is 0 Å². The smallest absolute Gasteiger partial charge is 0.308 e. The van der Waals surface area contributed by atoms with Crippen molar-refractivity contribution in [2.75, 3.05) is 13.1 Å². The number of carboxylic acids is 1. The second kappa shape index (κ2) is 5.14. The molecule has 2 atom stereocenters. The molecule has 4 heteroatoms. The fourth-order valence-electron chi connectivity index (χ4n) is 2.07. The first kappa shape index (κ1) is 12.0. The van der Waals surface area contributed by atoms with E-state index in [2.05, 4.69) is 13.8 Å². The molecule has 1 N–H and O–H groups in total. The summed E-state index contributed by atoms with van der Waals surface area (Å²) in [5, 5.41) is 8.81. The molecule has 0 saturated carbocycles. The molecule has 0 aromatic rings. The van der Waals surface area contributed by atoms with Crippen molar-refractivity contribution in [2.45, 2.75) is 33.1 Å². The zero-order valence-electron chi connectivity index (χ0n) is 9.40. The zero-order valence-corrected chi connectivity index (χ0v) is 9.40. The van der Waals surface area contributed by atoms with Crippen molar-refractivity contribution < 1.29 is 14.7 Å². The Morgan fingerprint density at radius 3 is 2.80 bits per heavy atom. The average molecular weight is 213 g/mol. The minimum atomic E-state index is -0.853. The van der Waals surface area contributed by atoms with E-state index in [9.17, 15) is 9.59 Å². The first-order valence-corrected chi connectivity index (χ1v) is 5.55. The van der Waals surface area contributed by atoms with E-state index in [0.29, 0.717) is 19.0 Å². The maximum atomic E-state index is 11.5. The van der Waals surface area contributed by atoms with E-state index in [0.717, 1.165) is 12.8 Å². The highest BCUT2D eigenvalue weighted by Gasteiger charge is 2.34. The third kappa shape index (κ3) is 3.22. The summed E-state index contributed by atoms with van der Waals surface area (Å²) >= 11 is 0. The van der Waals surface area contributed by atoms with Crippen LogP contribution in [-0.2, 0) is 9.59 Å². The highest BCUT2D eigenvalue weighted by atomic mass is 16.4. The van der Waals surface area contributed by atoms with E-state index < -0.39 is 11.9 Å². The Labute approximate surface area is 90.3 Å². The van der Waals surface area contributed by atoms with Crippen molar-refractivity contribution in [1.82, 2.24) is 4.90 Å². The Bertz CT molecular complexity index is 252. The molecule has 1 rings (SSSR count). The SMILES string of the molecule is CCCC(C)CN1CC(C(=O)O)CC1=O. The van der Waals surface area contributed by atoms with Crippen molar-refractivity contribution in [1.29, 1.82) is 0 Å². The first-order valence-electron chi connectivity index (χ1n) is 5.55. The molecule has 1 fully saturated rings. The lowest BCUT2D eigenvalue weighted by Gasteiger charge is -2.20. The second-order valence-electron chi connectivity index (χ2n) is 4.43. The third-order valence-electron chi connectivity index (χ3n) is 2.88. The van der Waals surface area contributed by atoms with Crippen LogP contribution in [0, 0.1) is 11.8 Å². The lowest BCUT2D eigenvalue weighted by Crippen LogP contribution is -2.30. The first-order chi connectivity index (χ1) is 7.04. The largest absolute Gasteiger partial charge is 0.481 e. The van der Waals surface area contributed by atoms with Gasteiger partial charge in [0.2, 0.25) is 5.91 Å². The molecule has 1 heterocycles. The Morgan fingerprint density at radius 1 is 1.67 bits per heavy atom. The Balaban J connectivity index is 2.43. The quantitative estimate of drug-likeness (QED) is 0.750. The van der Waals surface area contributed by atoms with Gasteiger partial charge in [-0.3, -0.25) is 9.59 Å². The number of rotatable bonds is 5. The molecule has 0 aliphatic carbocycles. The molecule has 0 bridgehead atoms. The topological polar surface area (TPSA) is 57.6 Å². The predicted molar refractivity (Wildman–Crippen MR) is 56.4 cm³/mol. The summed E-state index contributed by atoms with van der Waals surface area (Å²) in [6, 6.07) is 0. The summed E-state index contributed by atoms with van der Waals surface area (Å²) < 4.78 is 0. The number of hydrogen-bond donors (Lipinski definition) is 1. The third-order valence-corrected chi connectivity index (χ3v) is 2.88. The number of carboxylic acid groups (broad SMARTS) is 1. The van der Waals surface area contributed by atoms with Gasteiger partial charge in [-0.25, -0.2) is 0 Å². The van der Waals surface area contributed by atoms with Crippen LogP contribution in [0.25, 0.3) is 0 Å². The number of amides is 1. The molecule has 2 unspecified atom stereocenters. The van der Waals surface area contributed by atoms with Gasteiger partial charge >= 0.3 is 5.97 Å². The lowest BCUT2D eigenvalue weighted by molar-refractivity contribution is -0.141. The fourth-order valence-corrected chi connectivity index (χ4v) is 2.07. The lowest BCUT2D eigenvalue weighted by atomic mass is 10.1. The van der Waals surface area contributed by atoms with Gasteiger partial charge in [0.15, 0.2) is 0 Å². The van der Waals surface area contributed by atoms with Gasteiger partial charge in [-0.15, -0.1) is 0 Å². The van der Waals surface area contributed by atoms with E-state index >= 15 is 0 Å². The molecule has 1 aliphatic heterocycles. The number of likely N-dealkylation sites (tertiary alicyclic amines) is 1. The molecule has 15 heavy (non-hydrogen) atoms. The second-order valence-corrected chi connectivity index (χ2v) is 4.43. The molecule has 1 amide bonds. The standard InChI is InChI=1S/C11H19NO3/c1-3-4-8(2)6-12-7-9(11(14)15)5-10(12)13/h8-9H,3-7H2,1-2H3,(H,14,15). The molecule has 4 nitrogen and oxygen atoms in total. The number of carbonyl (C=O) groups is 2. The molecule has 0 spiro atoms. The van der Waals surface area contributed by atoms with E-state index in [1.54, 1.807) is 4.90 Å². The molecular weight excluding hydrogens is 194 g/mol. The van der Waals surface area contributed by atoms with Gasteiger partial charge in [0.1, 0.15) is 0 Å². The normalized spacial score (nSPS) is 23.2. The van der Waals surface area contributed by atoms with Gasteiger partial charge < -0.3 is 10.0 Å². The number of hydrogen-bond acceptors (Lipinski definition) is 2. The molecule has 86 valence electrons. The van der Waals surface area contributed by atoms with Crippen LogP contribution in [0.1, 0.15) is 33.1 Å². The number of nitrogens with zero attached hydrogens (tertiary/aromatic N) is 1. The maximum Gasteiger partial charge on any atom is 0.308 e. The van der Waals surface area contributed by atoms with Gasteiger partial charge in [0, 0.05) is 19.5 Å². The highest BCUT2D eigenvalue weighted by Crippen LogP contribution is 2.20. The monoisotopic (exact) mass is 213 g/mol. The summed E-state index contributed by atoms with van der Waals surface area (Å²) in [4.78, 5) is 23.9. The molecule has 0 aromatic carbocycles. The Kier molecular flexibility index (Phi) is 4.12. The molecule has 0 radical (unpaired) electrons. The van der Waals surface area contributed by atoms with Gasteiger partial charge in [-0.2, -0.15) is 0 Å². The van der Waals surface area contributed by atoms with Crippen LogP contribution in [0.15, 0.2) is 0 Å². The van der Waals surface area contributed by atoms with E-state index in [1.807, 2.05) is 0 Å². The highest BCUT2D eigenvalue weighted by molar-refractivity contribution is 5.86. The summed E-state index contributed by atoms with van der Waals surface area (Å²) in [6.45, 7) is 5.31. The van der Waals surface area contributed by atoms with E-state index in [4.69, 9.17) is 5.11 Å². The van der Waals surface area contributed by atoms with Gasteiger partial charge in [-0.1, -0.05) is 20.3 Å². The van der Waals surface area contributed by atoms with Gasteiger partial charge in [-0.05, 0) is 12.3 Å². The summed E-state index contributed by atoms with van der Waals surface area (Å²) in [6.07, 6.45) is 2.36. The van der Waals surface area contributed by atoms with Crippen LogP contribution in [0.5, 0.6) is 0 Å².